The first-order chi connectivity index (χ1) is 8.31. The van der Waals surface area contributed by atoms with E-state index in [9.17, 15) is 4.79 Å². The lowest BCUT2D eigenvalue weighted by Gasteiger charge is -2.06. The number of hydrogen-bond acceptors (Lipinski definition) is 5. The molecule has 0 rings (SSSR count). The van der Waals surface area contributed by atoms with Crippen LogP contribution in [0.2, 0.25) is 0 Å². The van der Waals surface area contributed by atoms with Gasteiger partial charge < -0.3 is 18.9 Å². The lowest BCUT2D eigenvalue weighted by molar-refractivity contribution is -0.124. The third-order valence-corrected chi connectivity index (χ3v) is 1.97. The van der Waals surface area contributed by atoms with Gasteiger partial charge in [0.1, 0.15) is 6.61 Å². The van der Waals surface area contributed by atoms with Crippen molar-refractivity contribution in [1.82, 2.24) is 0 Å². The van der Waals surface area contributed by atoms with Gasteiger partial charge in [-0.2, -0.15) is 0 Å². The van der Waals surface area contributed by atoms with E-state index in [2.05, 4.69) is 0 Å². The summed E-state index contributed by atoms with van der Waals surface area (Å²) in [6, 6.07) is 0. The van der Waals surface area contributed by atoms with Crippen molar-refractivity contribution in [1.29, 1.82) is 0 Å². The second kappa shape index (κ2) is 13.6. The molecular formula is C12H24O5. The summed E-state index contributed by atoms with van der Waals surface area (Å²) in [7, 11) is 1.64. The number of carbonyl (C=O) groups excluding carboxylic acids is 1. The van der Waals surface area contributed by atoms with Crippen molar-refractivity contribution in [3.05, 3.63) is 0 Å². The fourth-order valence-corrected chi connectivity index (χ4v) is 1.12. The Hall–Kier alpha value is -0.490. The highest BCUT2D eigenvalue weighted by atomic mass is 16.6. The average Bonchev–Trinajstić information content (AvgIpc) is 2.32. The van der Waals surface area contributed by atoms with Crippen LogP contribution in [0.1, 0.15) is 19.8 Å². The van der Waals surface area contributed by atoms with E-state index in [0.29, 0.717) is 46.1 Å². The summed E-state index contributed by atoms with van der Waals surface area (Å²) in [5.74, 6) is 0.149. The van der Waals surface area contributed by atoms with Crippen LogP contribution in [0.15, 0.2) is 0 Å². The molecule has 0 aliphatic heterocycles. The maximum absolute atomic E-state index is 11.1. The van der Waals surface area contributed by atoms with Crippen LogP contribution in [-0.2, 0) is 23.7 Å². The van der Waals surface area contributed by atoms with Gasteiger partial charge >= 0.3 is 0 Å². The molecule has 0 N–H and O–H groups in total. The summed E-state index contributed by atoms with van der Waals surface area (Å²) in [6.07, 6.45) is 1.46. The van der Waals surface area contributed by atoms with E-state index in [0.717, 1.165) is 6.42 Å². The molecule has 0 aliphatic carbocycles. The fraction of sp³-hybridized carbons (Fsp3) is 0.917. The average molecular weight is 248 g/mol. The van der Waals surface area contributed by atoms with E-state index in [1.807, 2.05) is 6.92 Å². The lowest BCUT2D eigenvalue weighted by atomic mass is 10.2. The largest absolute Gasteiger partial charge is 0.382 e. The van der Waals surface area contributed by atoms with Crippen LogP contribution in [-0.4, -0.2) is 59.1 Å². The van der Waals surface area contributed by atoms with Crippen molar-refractivity contribution in [3.63, 3.8) is 0 Å². The molecule has 0 unspecified atom stereocenters. The number of methoxy groups -OCH3 is 1. The molecule has 0 amide bonds. The van der Waals surface area contributed by atoms with Gasteiger partial charge in [-0.1, -0.05) is 6.92 Å². The monoisotopic (exact) mass is 248 g/mol. The molecule has 0 bridgehead atoms. The van der Waals surface area contributed by atoms with Crippen LogP contribution in [0.3, 0.4) is 0 Å². The fourth-order valence-electron chi connectivity index (χ4n) is 1.12. The van der Waals surface area contributed by atoms with Gasteiger partial charge in [0.2, 0.25) is 0 Å². The lowest BCUT2D eigenvalue weighted by Crippen LogP contribution is -2.14. The molecule has 0 atom stereocenters. The third-order valence-electron chi connectivity index (χ3n) is 1.97. The summed E-state index contributed by atoms with van der Waals surface area (Å²) in [5, 5.41) is 0. The van der Waals surface area contributed by atoms with Crippen molar-refractivity contribution in [2.24, 2.45) is 0 Å². The van der Waals surface area contributed by atoms with Crippen molar-refractivity contribution < 1.29 is 23.7 Å². The van der Waals surface area contributed by atoms with Crippen LogP contribution < -0.4 is 0 Å². The first kappa shape index (κ1) is 16.5. The topological polar surface area (TPSA) is 54.0 Å². The minimum absolute atomic E-state index is 0.149. The van der Waals surface area contributed by atoms with Crippen molar-refractivity contribution in [2.45, 2.75) is 19.8 Å². The molecule has 0 saturated carbocycles. The minimum atomic E-state index is 0.149. The van der Waals surface area contributed by atoms with Gasteiger partial charge in [0.25, 0.3) is 0 Å². The van der Waals surface area contributed by atoms with Gasteiger partial charge in [0.15, 0.2) is 5.78 Å². The number of rotatable bonds is 13. The minimum Gasteiger partial charge on any atom is -0.382 e. The molecule has 0 saturated heterocycles. The van der Waals surface area contributed by atoms with Gasteiger partial charge in [0, 0.05) is 13.5 Å². The number of ether oxygens (including phenoxy) is 4. The highest BCUT2D eigenvalue weighted by molar-refractivity contribution is 5.79. The van der Waals surface area contributed by atoms with Crippen LogP contribution in [0, 0.1) is 0 Å². The highest BCUT2D eigenvalue weighted by Gasteiger charge is 1.99. The van der Waals surface area contributed by atoms with Crippen LogP contribution in [0.25, 0.3) is 0 Å². The Morgan fingerprint density at radius 3 is 1.94 bits per heavy atom. The molecule has 0 aromatic carbocycles. The van der Waals surface area contributed by atoms with E-state index in [-0.39, 0.29) is 12.4 Å². The van der Waals surface area contributed by atoms with Gasteiger partial charge in [-0.05, 0) is 6.42 Å². The van der Waals surface area contributed by atoms with E-state index < -0.39 is 0 Å². The quantitative estimate of drug-likeness (QED) is 0.456. The van der Waals surface area contributed by atoms with Crippen LogP contribution in [0.5, 0.6) is 0 Å². The molecule has 0 heterocycles. The van der Waals surface area contributed by atoms with E-state index in [1.54, 1.807) is 7.11 Å². The number of Topliss-reactive ketones (excluding diaryl/α,β-unsaturated/α-hetero) is 1. The SMILES string of the molecule is CCCC(=O)COCCOCCOCCOC. The Bertz CT molecular complexity index is 172. The Morgan fingerprint density at radius 1 is 0.882 bits per heavy atom. The molecule has 0 spiro atoms. The van der Waals surface area contributed by atoms with E-state index in [4.69, 9.17) is 18.9 Å². The highest BCUT2D eigenvalue weighted by Crippen LogP contribution is 1.90. The Kier molecular flexibility index (Phi) is 13.2. The zero-order valence-corrected chi connectivity index (χ0v) is 10.9. The van der Waals surface area contributed by atoms with Crippen LogP contribution >= 0.6 is 0 Å². The molecule has 102 valence electrons. The van der Waals surface area contributed by atoms with Gasteiger partial charge in [0.05, 0.1) is 39.6 Å². The van der Waals surface area contributed by atoms with E-state index in [1.165, 1.54) is 0 Å². The van der Waals surface area contributed by atoms with E-state index >= 15 is 0 Å². The van der Waals surface area contributed by atoms with Crippen LogP contribution in [0.4, 0.5) is 0 Å². The molecule has 5 nitrogen and oxygen atoms in total. The van der Waals surface area contributed by atoms with Gasteiger partial charge in [-0.3, -0.25) is 4.79 Å². The van der Waals surface area contributed by atoms with Gasteiger partial charge in [-0.15, -0.1) is 0 Å². The normalized spacial score (nSPS) is 10.7. The zero-order valence-electron chi connectivity index (χ0n) is 10.9. The summed E-state index contributed by atoms with van der Waals surface area (Å²) >= 11 is 0. The predicted molar refractivity (Wildman–Crippen MR) is 64.2 cm³/mol. The first-order valence-corrected chi connectivity index (χ1v) is 6.05. The Balaban J connectivity index is 3.01. The number of ketones is 1. The second-order valence-corrected chi connectivity index (χ2v) is 3.56. The Labute approximate surface area is 103 Å². The summed E-state index contributed by atoms with van der Waals surface area (Å²) in [4.78, 5) is 11.1. The molecule has 5 heteroatoms. The molecule has 17 heavy (non-hydrogen) atoms. The summed E-state index contributed by atoms with van der Waals surface area (Å²) in [6.45, 7) is 5.39. The predicted octanol–water partition coefficient (Wildman–Crippen LogP) is 1.05. The maximum atomic E-state index is 11.1. The standard InChI is InChI=1S/C12H24O5/c1-3-4-12(13)11-17-10-9-16-8-7-15-6-5-14-2/h3-11H2,1-2H3. The van der Waals surface area contributed by atoms with Crippen molar-refractivity contribution in [3.8, 4) is 0 Å². The summed E-state index contributed by atoms with van der Waals surface area (Å²) in [5.41, 5.74) is 0. The van der Waals surface area contributed by atoms with Crippen molar-refractivity contribution >= 4 is 5.78 Å². The summed E-state index contributed by atoms with van der Waals surface area (Å²) < 4.78 is 20.4. The molecule has 0 fully saturated rings. The Morgan fingerprint density at radius 2 is 1.41 bits per heavy atom. The molecular weight excluding hydrogens is 224 g/mol. The number of hydrogen-bond donors (Lipinski definition) is 0. The molecule has 0 aliphatic rings. The van der Waals surface area contributed by atoms with Crippen molar-refractivity contribution in [2.75, 3.05) is 53.4 Å². The number of carbonyl (C=O) groups is 1. The first-order valence-electron chi connectivity index (χ1n) is 6.05. The molecule has 0 aromatic rings. The smallest absolute Gasteiger partial charge is 0.158 e. The van der Waals surface area contributed by atoms with Gasteiger partial charge in [-0.25, -0.2) is 0 Å². The maximum Gasteiger partial charge on any atom is 0.158 e. The molecule has 0 radical (unpaired) electrons. The zero-order chi connectivity index (χ0) is 12.8. The second-order valence-electron chi connectivity index (χ2n) is 3.56. The molecule has 0 aromatic heterocycles. The third kappa shape index (κ3) is 13.4.